The summed E-state index contributed by atoms with van der Waals surface area (Å²) in [5, 5.41) is 10.0. The highest BCUT2D eigenvalue weighted by molar-refractivity contribution is 5.62. The first-order valence-electron chi connectivity index (χ1n) is 7.35. The summed E-state index contributed by atoms with van der Waals surface area (Å²) in [5.74, 6) is 0.228. The van der Waals surface area contributed by atoms with E-state index in [1.165, 1.54) is 11.6 Å². The van der Waals surface area contributed by atoms with Crippen LogP contribution in [0.15, 0.2) is 9.59 Å². The second-order valence-electron chi connectivity index (χ2n) is 6.02. The molecule has 0 amide bonds. The maximum Gasteiger partial charge on any atom is 0.332 e. The first kappa shape index (κ1) is 15.6. The zero-order valence-electron chi connectivity index (χ0n) is 12.9. The van der Waals surface area contributed by atoms with Gasteiger partial charge in [0.05, 0.1) is 5.60 Å². The fourth-order valence-corrected chi connectivity index (χ4v) is 2.72. The van der Waals surface area contributed by atoms with Crippen molar-refractivity contribution in [3.05, 3.63) is 20.8 Å². The summed E-state index contributed by atoms with van der Waals surface area (Å²) in [4.78, 5) is 26.4. The molecule has 1 aliphatic heterocycles. The fraction of sp³-hybridized carbons (Fsp3) is 0.714. The minimum atomic E-state index is -0.700. The van der Waals surface area contributed by atoms with Gasteiger partial charge in [-0.15, -0.1) is 0 Å². The molecule has 118 valence electrons. The number of aliphatic hydroxyl groups is 1. The molecule has 1 aliphatic rings. The van der Waals surface area contributed by atoms with Crippen molar-refractivity contribution in [3.63, 3.8) is 0 Å². The van der Waals surface area contributed by atoms with Crippen LogP contribution in [0.2, 0.25) is 0 Å². The van der Waals surface area contributed by atoms with Crippen LogP contribution in [0, 0.1) is 0 Å². The van der Waals surface area contributed by atoms with Crippen molar-refractivity contribution < 1.29 is 5.11 Å². The molecular formula is C14H24N4O3. The van der Waals surface area contributed by atoms with Crippen molar-refractivity contribution in [1.29, 1.82) is 0 Å². The Morgan fingerprint density at radius 1 is 1.29 bits per heavy atom. The second-order valence-corrected chi connectivity index (χ2v) is 6.02. The Morgan fingerprint density at radius 2 is 1.86 bits per heavy atom. The predicted octanol–water partition coefficient (Wildman–Crippen LogP) is -0.110. The molecule has 0 spiro atoms. The molecule has 21 heavy (non-hydrogen) atoms. The highest BCUT2D eigenvalue weighted by atomic mass is 16.3. The maximum absolute atomic E-state index is 12.4. The van der Waals surface area contributed by atoms with Gasteiger partial charge in [0.1, 0.15) is 11.5 Å². The lowest BCUT2D eigenvalue weighted by Crippen LogP contribution is -2.48. The van der Waals surface area contributed by atoms with E-state index in [4.69, 9.17) is 5.73 Å². The smallest absolute Gasteiger partial charge is 0.332 e. The van der Waals surface area contributed by atoms with Gasteiger partial charge in [0, 0.05) is 26.7 Å². The van der Waals surface area contributed by atoms with Crippen molar-refractivity contribution in [3.8, 4) is 0 Å². The summed E-state index contributed by atoms with van der Waals surface area (Å²) in [5.41, 5.74) is 5.01. The number of aromatic nitrogens is 2. The molecule has 0 saturated carbocycles. The summed E-state index contributed by atoms with van der Waals surface area (Å²) in [6.07, 6.45) is 1.90. The Hall–Kier alpha value is -1.76. The van der Waals surface area contributed by atoms with E-state index >= 15 is 0 Å². The third-order valence-electron chi connectivity index (χ3n) is 4.16. The van der Waals surface area contributed by atoms with Gasteiger partial charge in [-0.05, 0) is 26.2 Å². The van der Waals surface area contributed by atoms with Crippen LogP contribution in [0.25, 0.3) is 0 Å². The van der Waals surface area contributed by atoms with Crippen LogP contribution in [0.4, 0.5) is 11.5 Å². The lowest BCUT2D eigenvalue weighted by molar-refractivity contribution is 0.0351. The van der Waals surface area contributed by atoms with E-state index in [0.29, 0.717) is 38.2 Å². The number of anilines is 2. The molecule has 1 saturated heterocycles. The van der Waals surface area contributed by atoms with Crippen LogP contribution in [-0.4, -0.2) is 32.9 Å². The van der Waals surface area contributed by atoms with Crippen molar-refractivity contribution in [2.75, 3.05) is 23.7 Å². The van der Waals surface area contributed by atoms with E-state index in [-0.39, 0.29) is 17.1 Å². The monoisotopic (exact) mass is 296 g/mol. The molecule has 0 radical (unpaired) electrons. The van der Waals surface area contributed by atoms with Crippen LogP contribution in [-0.2, 0) is 13.6 Å². The Labute approximate surface area is 123 Å². The van der Waals surface area contributed by atoms with Crippen LogP contribution in [0.3, 0.4) is 0 Å². The minimum Gasteiger partial charge on any atom is -0.390 e. The van der Waals surface area contributed by atoms with E-state index < -0.39 is 5.60 Å². The Balaban J connectivity index is 2.49. The summed E-state index contributed by atoms with van der Waals surface area (Å²) >= 11 is 0. The normalized spacial score (nSPS) is 18.0. The first-order valence-corrected chi connectivity index (χ1v) is 7.35. The van der Waals surface area contributed by atoms with Gasteiger partial charge in [0.15, 0.2) is 0 Å². The fourth-order valence-electron chi connectivity index (χ4n) is 2.72. The third-order valence-corrected chi connectivity index (χ3v) is 4.16. The topological polar surface area (TPSA) is 93.5 Å². The van der Waals surface area contributed by atoms with E-state index in [2.05, 4.69) is 0 Å². The summed E-state index contributed by atoms with van der Waals surface area (Å²) in [7, 11) is 1.47. The van der Waals surface area contributed by atoms with Crippen LogP contribution >= 0.6 is 0 Å². The number of piperidine rings is 1. The highest BCUT2D eigenvalue weighted by Crippen LogP contribution is 2.26. The second kappa shape index (κ2) is 5.55. The molecular weight excluding hydrogens is 272 g/mol. The summed E-state index contributed by atoms with van der Waals surface area (Å²) in [6.45, 7) is 5.34. The lowest BCUT2D eigenvalue weighted by atomic mass is 9.93. The highest BCUT2D eigenvalue weighted by Gasteiger charge is 2.30. The molecule has 3 N–H and O–H groups in total. The molecule has 0 aromatic carbocycles. The van der Waals surface area contributed by atoms with Gasteiger partial charge in [-0.25, -0.2) is 4.79 Å². The van der Waals surface area contributed by atoms with Crippen molar-refractivity contribution in [2.24, 2.45) is 7.05 Å². The number of nitrogens with zero attached hydrogens (tertiary/aromatic N) is 3. The number of nitrogens with two attached hydrogens (primary N) is 1. The molecule has 1 aromatic heterocycles. The number of hydrogen-bond acceptors (Lipinski definition) is 5. The number of nitrogen functional groups attached to an aromatic ring is 1. The average molecular weight is 296 g/mol. The SMILES string of the molecule is CCCn1c(N)c(N2CCC(C)(O)CC2)c(=O)n(C)c1=O. The van der Waals surface area contributed by atoms with E-state index in [0.717, 1.165) is 11.0 Å². The molecule has 0 unspecified atom stereocenters. The zero-order chi connectivity index (χ0) is 15.8. The molecule has 2 rings (SSSR count). The lowest BCUT2D eigenvalue weighted by Gasteiger charge is -2.37. The van der Waals surface area contributed by atoms with Crippen molar-refractivity contribution in [1.82, 2.24) is 9.13 Å². The van der Waals surface area contributed by atoms with Crippen molar-refractivity contribution in [2.45, 2.75) is 45.3 Å². The van der Waals surface area contributed by atoms with Gasteiger partial charge < -0.3 is 15.7 Å². The van der Waals surface area contributed by atoms with Crippen LogP contribution in [0.5, 0.6) is 0 Å². The molecule has 7 heteroatoms. The third kappa shape index (κ3) is 2.83. The molecule has 0 aliphatic carbocycles. The molecule has 2 heterocycles. The molecule has 0 bridgehead atoms. The van der Waals surface area contributed by atoms with E-state index in [9.17, 15) is 14.7 Å². The Kier molecular flexibility index (Phi) is 4.13. The summed E-state index contributed by atoms with van der Waals surface area (Å²) in [6, 6.07) is 0. The standard InChI is InChI=1S/C14H24N4O3/c1-4-7-18-11(15)10(12(19)16(3)13(18)20)17-8-5-14(2,21)6-9-17/h21H,4-9,15H2,1-3H3. The first-order chi connectivity index (χ1) is 9.78. The maximum atomic E-state index is 12.4. The molecule has 7 nitrogen and oxygen atoms in total. The minimum absolute atomic E-state index is 0.228. The van der Waals surface area contributed by atoms with Crippen LogP contribution in [0.1, 0.15) is 33.1 Å². The van der Waals surface area contributed by atoms with Gasteiger partial charge in [-0.1, -0.05) is 6.92 Å². The van der Waals surface area contributed by atoms with E-state index in [1.54, 1.807) is 6.92 Å². The quantitative estimate of drug-likeness (QED) is 0.812. The van der Waals surface area contributed by atoms with Gasteiger partial charge in [-0.3, -0.25) is 13.9 Å². The molecule has 0 atom stereocenters. The summed E-state index contributed by atoms with van der Waals surface area (Å²) < 4.78 is 2.55. The predicted molar refractivity (Wildman–Crippen MR) is 82.7 cm³/mol. The van der Waals surface area contributed by atoms with Crippen LogP contribution < -0.4 is 21.9 Å². The molecule has 1 aromatic rings. The van der Waals surface area contributed by atoms with Gasteiger partial charge in [0.2, 0.25) is 0 Å². The van der Waals surface area contributed by atoms with E-state index in [1.807, 2.05) is 11.8 Å². The Bertz CT molecular complexity index is 635. The Morgan fingerprint density at radius 3 is 2.38 bits per heavy atom. The zero-order valence-corrected chi connectivity index (χ0v) is 12.9. The largest absolute Gasteiger partial charge is 0.390 e. The van der Waals surface area contributed by atoms with Crippen molar-refractivity contribution >= 4 is 11.5 Å². The molecule has 1 fully saturated rings. The van der Waals surface area contributed by atoms with Gasteiger partial charge in [0.25, 0.3) is 5.56 Å². The number of hydrogen-bond donors (Lipinski definition) is 2. The van der Waals surface area contributed by atoms with Gasteiger partial charge >= 0.3 is 5.69 Å². The average Bonchev–Trinajstić information content (AvgIpc) is 2.43. The van der Waals surface area contributed by atoms with Gasteiger partial charge in [-0.2, -0.15) is 0 Å². The number of rotatable bonds is 3.